The lowest BCUT2D eigenvalue weighted by atomic mass is 10.1. The van der Waals surface area contributed by atoms with Crippen LogP contribution in [0.5, 0.6) is 0 Å². The summed E-state index contributed by atoms with van der Waals surface area (Å²) in [5.74, 6) is 0.117. The molecule has 4 heteroatoms. The molecule has 5 aromatic rings. The maximum atomic E-state index is 13.2. The molecule has 2 heterocycles. The lowest BCUT2D eigenvalue weighted by Crippen LogP contribution is -2.30. The van der Waals surface area contributed by atoms with Crippen LogP contribution in [-0.4, -0.2) is 10.9 Å². The van der Waals surface area contributed by atoms with E-state index in [1.54, 1.807) is 17.0 Å². The average Bonchev–Trinajstić information content (AvgIpc) is 3.38. The number of para-hydroxylation sites is 1. The molecule has 0 N–H and O–H groups in total. The van der Waals surface area contributed by atoms with Gasteiger partial charge in [0.1, 0.15) is 0 Å². The van der Waals surface area contributed by atoms with Crippen molar-refractivity contribution >= 4 is 22.5 Å². The molecule has 0 atom stereocenters. The van der Waals surface area contributed by atoms with Crippen LogP contribution >= 0.6 is 0 Å². The highest BCUT2D eigenvalue weighted by molar-refractivity contribution is 6.04. The molecular weight excluding hydrogens is 384 g/mol. The molecule has 0 aliphatic rings. The Labute approximate surface area is 180 Å². The molecule has 0 fully saturated rings. The van der Waals surface area contributed by atoms with Gasteiger partial charge in [0.25, 0.3) is 5.91 Å². The van der Waals surface area contributed by atoms with Crippen molar-refractivity contribution in [2.75, 3.05) is 4.90 Å². The number of furan rings is 1. The minimum atomic E-state index is -0.189. The van der Waals surface area contributed by atoms with Crippen LogP contribution in [-0.2, 0) is 6.54 Å². The van der Waals surface area contributed by atoms with E-state index in [1.807, 2.05) is 72.9 Å². The quantitative estimate of drug-likeness (QED) is 0.343. The zero-order chi connectivity index (χ0) is 21.0. The van der Waals surface area contributed by atoms with Gasteiger partial charge in [-0.05, 0) is 53.1 Å². The Kier molecular flexibility index (Phi) is 5.03. The summed E-state index contributed by atoms with van der Waals surface area (Å²) >= 11 is 0. The second kappa shape index (κ2) is 8.28. The van der Waals surface area contributed by atoms with E-state index in [0.717, 1.165) is 33.3 Å². The monoisotopic (exact) mass is 404 g/mol. The summed E-state index contributed by atoms with van der Waals surface area (Å²) in [7, 11) is 0. The molecule has 0 aliphatic heterocycles. The number of hydrogen-bond acceptors (Lipinski definition) is 3. The highest BCUT2D eigenvalue weighted by Crippen LogP contribution is 2.26. The van der Waals surface area contributed by atoms with Gasteiger partial charge in [-0.3, -0.25) is 9.78 Å². The fourth-order valence-electron chi connectivity index (χ4n) is 3.66. The largest absolute Gasteiger partial charge is 0.459 e. The van der Waals surface area contributed by atoms with Crippen LogP contribution in [0.3, 0.4) is 0 Å². The van der Waals surface area contributed by atoms with E-state index in [2.05, 4.69) is 23.2 Å². The van der Waals surface area contributed by atoms with Crippen LogP contribution in [0.25, 0.3) is 22.0 Å². The van der Waals surface area contributed by atoms with Crippen molar-refractivity contribution < 1.29 is 9.21 Å². The Morgan fingerprint density at radius 1 is 0.806 bits per heavy atom. The predicted molar refractivity (Wildman–Crippen MR) is 123 cm³/mol. The molecule has 31 heavy (non-hydrogen) atoms. The Morgan fingerprint density at radius 3 is 2.32 bits per heavy atom. The zero-order valence-corrected chi connectivity index (χ0v) is 16.8. The summed E-state index contributed by atoms with van der Waals surface area (Å²) in [6, 6.07) is 31.6. The molecule has 5 rings (SSSR count). The van der Waals surface area contributed by atoms with Gasteiger partial charge in [0.15, 0.2) is 5.76 Å². The number of nitrogens with zero attached hydrogens (tertiary/aromatic N) is 2. The van der Waals surface area contributed by atoms with Crippen molar-refractivity contribution in [2.45, 2.75) is 6.54 Å². The molecule has 0 saturated carbocycles. The van der Waals surface area contributed by atoms with Gasteiger partial charge in [0.05, 0.1) is 18.3 Å². The smallest absolute Gasteiger partial charge is 0.294 e. The van der Waals surface area contributed by atoms with Crippen LogP contribution in [0.15, 0.2) is 114 Å². The minimum absolute atomic E-state index is 0.189. The molecule has 2 aromatic heterocycles. The first-order valence-corrected chi connectivity index (χ1v) is 10.1. The first-order valence-electron chi connectivity index (χ1n) is 10.1. The van der Waals surface area contributed by atoms with Crippen molar-refractivity contribution in [1.82, 2.24) is 4.98 Å². The van der Waals surface area contributed by atoms with E-state index >= 15 is 0 Å². The van der Waals surface area contributed by atoms with E-state index in [9.17, 15) is 4.79 Å². The summed E-state index contributed by atoms with van der Waals surface area (Å²) in [4.78, 5) is 19.5. The number of pyridine rings is 1. The van der Waals surface area contributed by atoms with Gasteiger partial charge in [0.2, 0.25) is 0 Å². The molecule has 0 saturated heterocycles. The number of benzene rings is 3. The van der Waals surface area contributed by atoms with Gasteiger partial charge in [0, 0.05) is 17.3 Å². The molecule has 150 valence electrons. The summed E-state index contributed by atoms with van der Waals surface area (Å²) in [6.07, 6.45) is 3.34. The number of hydrogen-bond donors (Lipinski definition) is 0. The van der Waals surface area contributed by atoms with Crippen molar-refractivity contribution in [3.63, 3.8) is 0 Å². The molecule has 0 bridgehead atoms. The SMILES string of the molecule is O=C(c1ccco1)N(Cc1cnc2ccccc2c1)c1ccc(-c2ccccc2)cc1. The number of carbonyl (C=O) groups is 1. The maximum Gasteiger partial charge on any atom is 0.294 e. The van der Waals surface area contributed by atoms with Crippen molar-refractivity contribution in [1.29, 1.82) is 0 Å². The van der Waals surface area contributed by atoms with Crippen LogP contribution in [0.4, 0.5) is 5.69 Å². The van der Waals surface area contributed by atoms with Crippen LogP contribution in [0.2, 0.25) is 0 Å². The van der Waals surface area contributed by atoms with Gasteiger partial charge < -0.3 is 9.32 Å². The normalized spacial score (nSPS) is 10.8. The molecule has 0 radical (unpaired) electrons. The third kappa shape index (κ3) is 3.96. The lowest BCUT2D eigenvalue weighted by Gasteiger charge is -2.22. The highest BCUT2D eigenvalue weighted by Gasteiger charge is 2.21. The second-order valence-electron chi connectivity index (χ2n) is 7.32. The number of amides is 1. The molecule has 0 aliphatic carbocycles. The summed E-state index contributed by atoms with van der Waals surface area (Å²) in [5, 5.41) is 1.05. The molecule has 0 spiro atoms. The maximum absolute atomic E-state index is 13.2. The Morgan fingerprint density at radius 2 is 1.55 bits per heavy atom. The van der Waals surface area contributed by atoms with Crippen molar-refractivity contribution in [3.05, 3.63) is 121 Å². The van der Waals surface area contributed by atoms with E-state index in [1.165, 1.54) is 6.26 Å². The Bertz CT molecular complexity index is 1310. The zero-order valence-electron chi connectivity index (χ0n) is 16.8. The van der Waals surface area contributed by atoms with Gasteiger partial charge in [-0.15, -0.1) is 0 Å². The van der Waals surface area contributed by atoms with E-state index in [0.29, 0.717) is 12.3 Å². The van der Waals surface area contributed by atoms with Gasteiger partial charge in [-0.2, -0.15) is 0 Å². The third-order valence-electron chi connectivity index (χ3n) is 5.25. The fourth-order valence-corrected chi connectivity index (χ4v) is 3.66. The number of anilines is 1. The second-order valence-corrected chi connectivity index (χ2v) is 7.32. The number of carbonyl (C=O) groups excluding carboxylic acids is 1. The number of fused-ring (bicyclic) bond motifs is 1. The van der Waals surface area contributed by atoms with E-state index < -0.39 is 0 Å². The van der Waals surface area contributed by atoms with Gasteiger partial charge >= 0.3 is 0 Å². The molecular formula is C27H20N2O2. The summed E-state index contributed by atoms with van der Waals surface area (Å²) in [6.45, 7) is 0.391. The van der Waals surface area contributed by atoms with Gasteiger partial charge in [-0.1, -0.05) is 60.7 Å². The standard InChI is InChI=1S/C27H20N2O2/c30-27(26-11-6-16-31-26)29(19-20-17-23-9-4-5-10-25(23)28-18-20)24-14-12-22(13-15-24)21-7-2-1-3-8-21/h1-18H,19H2. The highest BCUT2D eigenvalue weighted by atomic mass is 16.3. The van der Waals surface area contributed by atoms with Crippen LogP contribution in [0.1, 0.15) is 16.1 Å². The topological polar surface area (TPSA) is 46.3 Å². The first kappa shape index (κ1) is 18.8. The van der Waals surface area contributed by atoms with Crippen LogP contribution in [0, 0.1) is 0 Å². The van der Waals surface area contributed by atoms with Gasteiger partial charge in [-0.25, -0.2) is 0 Å². The Balaban J connectivity index is 1.50. The summed E-state index contributed by atoms with van der Waals surface area (Å²) in [5.41, 5.74) is 4.92. The fraction of sp³-hybridized carbons (Fsp3) is 0.0370. The molecule has 1 amide bonds. The van der Waals surface area contributed by atoms with Crippen LogP contribution < -0.4 is 4.90 Å². The lowest BCUT2D eigenvalue weighted by molar-refractivity contribution is 0.0958. The molecule has 0 unspecified atom stereocenters. The minimum Gasteiger partial charge on any atom is -0.459 e. The molecule has 3 aromatic carbocycles. The van der Waals surface area contributed by atoms with Crippen molar-refractivity contribution in [2.24, 2.45) is 0 Å². The molecule has 4 nitrogen and oxygen atoms in total. The third-order valence-corrected chi connectivity index (χ3v) is 5.25. The first-order chi connectivity index (χ1) is 15.3. The summed E-state index contributed by atoms with van der Waals surface area (Å²) < 4.78 is 5.39. The average molecular weight is 404 g/mol. The van der Waals surface area contributed by atoms with Crippen molar-refractivity contribution in [3.8, 4) is 11.1 Å². The number of rotatable bonds is 5. The Hall–Kier alpha value is -4.18. The number of aromatic nitrogens is 1. The van der Waals surface area contributed by atoms with E-state index in [-0.39, 0.29) is 5.91 Å². The predicted octanol–water partition coefficient (Wildman–Crippen LogP) is 6.34. The van der Waals surface area contributed by atoms with E-state index in [4.69, 9.17) is 4.42 Å².